The number of carbonyl (C=O) groups excluding carboxylic acids is 1. The van der Waals surface area contributed by atoms with Crippen molar-refractivity contribution in [2.75, 3.05) is 25.0 Å². The molecule has 1 fully saturated rings. The maximum Gasteiger partial charge on any atom is 0.433 e. The van der Waals surface area contributed by atoms with Crippen molar-refractivity contribution >= 4 is 11.6 Å². The van der Waals surface area contributed by atoms with E-state index in [1.165, 1.54) is 23.1 Å². The molecule has 30 heavy (non-hydrogen) atoms. The molecule has 1 aliphatic heterocycles. The lowest BCUT2D eigenvalue weighted by atomic mass is 10.1. The Morgan fingerprint density at radius 1 is 1.23 bits per heavy atom. The van der Waals surface area contributed by atoms with Gasteiger partial charge in [-0.25, -0.2) is 4.68 Å². The number of anilines is 1. The molecule has 2 N–H and O–H groups in total. The zero-order valence-corrected chi connectivity index (χ0v) is 15.7. The first kappa shape index (κ1) is 20.0. The third-order valence-electron chi connectivity index (χ3n) is 4.61. The molecule has 0 spiro atoms. The van der Waals surface area contributed by atoms with E-state index in [0.717, 1.165) is 30.9 Å². The van der Waals surface area contributed by atoms with Crippen molar-refractivity contribution in [3.63, 3.8) is 0 Å². The number of amides is 1. The Morgan fingerprint density at radius 3 is 2.73 bits per heavy atom. The monoisotopic (exact) mass is 417 g/mol. The molecule has 7 nitrogen and oxygen atoms in total. The summed E-state index contributed by atoms with van der Waals surface area (Å²) >= 11 is 0. The molecule has 0 bridgehead atoms. The highest BCUT2D eigenvalue weighted by Gasteiger charge is 2.32. The van der Waals surface area contributed by atoms with Gasteiger partial charge in [0.2, 0.25) is 0 Å². The maximum atomic E-state index is 12.8. The van der Waals surface area contributed by atoms with Gasteiger partial charge < -0.3 is 15.4 Å². The summed E-state index contributed by atoms with van der Waals surface area (Å²) in [4.78, 5) is 15.8. The normalized spacial score (nSPS) is 17.0. The summed E-state index contributed by atoms with van der Waals surface area (Å²) in [5, 5.41) is 9.99. The second-order valence-corrected chi connectivity index (χ2v) is 6.71. The Kier molecular flexibility index (Phi) is 5.51. The number of ether oxygens (including phenoxy) is 1. The molecule has 4 rings (SSSR count). The molecule has 1 aromatic carbocycles. The van der Waals surface area contributed by atoms with Crippen LogP contribution in [-0.2, 0) is 10.9 Å². The van der Waals surface area contributed by atoms with Crippen molar-refractivity contribution in [3.8, 4) is 5.69 Å². The summed E-state index contributed by atoms with van der Waals surface area (Å²) in [5.41, 5.74) is 0.930. The van der Waals surface area contributed by atoms with E-state index in [-0.39, 0.29) is 17.4 Å². The molecule has 1 saturated heterocycles. The lowest BCUT2D eigenvalue weighted by Crippen LogP contribution is -2.33. The van der Waals surface area contributed by atoms with E-state index >= 15 is 0 Å². The van der Waals surface area contributed by atoms with Crippen LogP contribution in [0.4, 0.5) is 18.9 Å². The number of rotatable bonds is 4. The van der Waals surface area contributed by atoms with Gasteiger partial charge in [0.1, 0.15) is 5.69 Å². The second-order valence-electron chi connectivity index (χ2n) is 6.71. The van der Waals surface area contributed by atoms with Crippen LogP contribution in [0, 0.1) is 0 Å². The number of hydrogen-bond donors (Lipinski definition) is 2. The Hall–Kier alpha value is -3.24. The van der Waals surface area contributed by atoms with Gasteiger partial charge in [-0.1, -0.05) is 12.1 Å². The van der Waals surface area contributed by atoms with Crippen LogP contribution in [0.15, 0.2) is 55.0 Å². The number of pyridine rings is 1. The number of aromatic nitrogens is 3. The molecule has 0 unspecified atom stereocenters. The van der Waals surface area contributed by atoms with Crippen LogP contribution in [0.3, 0.4) is 0 Å². The van der Waals surface area contributed by atoms with Gasteiger partial charge in [-0.3, -0.25) is 9.78 Å². The van der Waals surface area contributed by atoms with Crippen molar-refractivity contribution in [1.82, 2.24) is 20.1 Å². The molecule has 10 heteroatoms. The molecule has 1 amide bonds. The van der Waals surface area contributed by atoms with Crippen LogP contribution in [-0.4, -0.2) is 40.4 Å². The fourth-order valence-electron chi connectivity index (χ4n) is 3.06. The number of hydrogen-bond acceptors (Lipinski definition) is 5. The molecule has 1 aliphatic rings. The van der Waals surface area contributed by atoms with Gasteiger partial charge in [0.25, 0.3) is 5.91 Å². The minimum Gasteiger partial charge on any atom is -0.371 e. The van der Waals surface area contributed by atoms with E-state index in [9.17, 15) is 18.0 Å². The highest BCUT2D eigenvalue weighted by molar-refractivity contribution is 6.04. The molecule has 3 heterocycles. The Morgan fingerprint density at radius 2 is 2.03 bits per heavy atom. The number of benzene rings is 1. The van der Waals surface area contributed by atoms with Gasteiger partial charge in [-0.2, -0.15) is 18.3 Å². The van der Waals surface area contributed by atoms with E-state index in [2.05, 4.69) is 20.7 Å². The van der Waals surface area contributed by atoms with Gasteiger partial charge in [-0.05, 0) is 29.8 Å². The molecule has 2 aromatic heterocycles. The first-order chi connectivity index (χ1) is 14.4. The van der Waals surface area contributed by atoms with Crippen LogP contribution in [0.25, 0.3) is 5.69 Å². The lowest BCUT2D eigenvalue weighted by molar-refractivity contribution is -0.141. The number of alkyl halides is 3. The van der Waals surface area contributed by atoms with E-state index < -0.39 is 17.8 Å². The van der Waals surface area contributed by atoms with Crippen LogP contribution in [0.5, 0.6) is 0 Å². The highest BCUT2D eigenvalue weighted by Crippen LogP contribution is 2.28. The second kappa shape index (κ2) is 8.25. The molecule has 0 aliphatic carbocycles. The van der Waals surface area contributed by atoms with Gasteiger partial charge in [-0.15, -0.1) is 0 Å². The summed E-state index contributed by atoms with van der Waals surface area (Å²) < 4.78 is 45.4. The van der Waals surface area contributed by atoms with Gasteiger partial charge >= 0.3 is 6.18 Å². The van der Waals surface area contributed by atoms with Crippen molar-refractivity contribution in [2.24, 2.45) is 0 Å². The fraction of sp³-hybridized carbons (Fsp3) is 0.250. The number of morpholine rings is 1. The SMILES string of the molecule is O=C(Nc1ccc([C@H]2CNCCO2)cc1)c1cnn(-c2ccnc(C(F)(F)F)c2)c1. The fourth-order valence-corrected chi connectivity index (χ4v) is 3.06. The minimum atomic E-state index is -4.56. The van der Waals surface area contributed by atoms with Gasteiger partial charge in [0.15, 0.2) is 0 Å². The lowest BCUT2D eigenvalue weighted by Gasteiger charge is -2.24. The third-order valence-corrected chi connectivity index (χ3v) is 4.61. The predicted molar refractivity (Wildman–Crippen MR) is 102 cm³/mol. The first-order valence-corrected chi connectivity index (χ1v) is 9.22. The van der Waals surface area contributed by atoms with Crippen molar-refractivity contribution in [2.45, 2.75) is 12.3 Å². The average Bonchev–Trinajstić information content (AvgIpc) is 3.25. The topological polar surface area (TPSA) is 81.1 Å². The largest absolute Gasteiger partial charge is 0.433 e. The third kappa shape index (κ3) is 4.50. The molecular weight excluding hydrogens is 399 g/mol. The van der Waals surface area contributed by atoms with Crippen LogP contribution >= 0.6 is 0 Å². The summed E-state index contributed by atoms with van der Waals surface area (Å²) in [6.45, 7) is 2.21. The zero-order chi connectivity index (χ0) is 21.1. The van der Waals surface area contributed by atoms with Crippen LogP contribution < -0.4 is 10.6 Å². The van der Waals surface area contributed by atoms with E-state index in [1.54, 1.807) is 12.1 Å². The molecule has 156 valence electrons. The van der Waals surface area contributed by atoms with Gasteiger partial charge in [0.05, 0.1) is 30.2 Å². The number of carbonyl (C=O) groups is 1. The van der Waals surface area contributed by atoms with E-state index in [1.807, 2.05) is 12.1 Å². The molecule has 0 saturated carbocycles. The van der Waals surface area contributed by atoms with Gasteiger partial charge in [0, 0.05) is 31.2 Å². The summed E-state index contributed by atoms with van der Waals surface area (Å²) in [6, 6.07) is 9.56. The van der Waals surface area contributed by atoms with Crippen LogP contribution in [0.1, 0.15) is 27.7 Å². The summed E-state index contributed by atoms with van der Waals surface area (Å²) in [7, 11) is 0. The molecular formula is C20H18F3N5O2. The number of halogens is 3. The van der Waals surface area contributed by atoms with Crippen molar-refractivity contribution < 1.29 is 22.7 Å². The van der Waals surface area contributed by atoms with E-state index in [0.29, 0.717) is 12.3 Å². The molecule has 0 radical (unpaired) electrons. The Balaban J connectivity index is 1.44. The van der Waals surface area contributed by atoms with Crippen molar-refractivity contribution in [3.05, 3.63) is 71.8 Å². The number of nitrogens with one attached hydrogen (secondary N) is 2. The van der Waals surface area contributed by atoms with Crippen molar-refractivity contribution in [1.29, 1.82) is 0 Å². The average molecular weight is 417 g/mol. The Bertz CT molecular complexity index is 1030. The quantitative estimate of drug-likeness (QED) is 0.682. The first-order valence-electron chi connectivity index (χ1n) is 9.22. The Labute approximate surface area is 169 Å². The van der Waals surface area contributed by atoms with E-state index in [4.69, 9.17) is 4.74 Å². The highest BCUT2D eigenvalue weighted by atomic mass is 19.4. The predicted octanol–water partition coefficient (Wildman–Crippen LogP) is 3.20. The molecule has 3 aromatic rings. The maximum absolute atomic E-state index is 12.8. The smallest absolute Gasteiger partial charge is 0.371 e. The zero-order valence-electron chi connectivity index (χ0n) is 15.7. The standard InChI is InChI=1S/C20H18F3N5O2/c21-20(22,23)18-9-16(5-6-25-18)28-12-14(10-26-28)19(29)27-15-3-1-13(2-4-15)17-11-24-7-8-30-17/h1-6,9-10,12,17,24H,7-8,11H2,(H,27,29)/t17-/m1/s1. The minimum absolute atomic E-state index is 0.0244. The summed E-state index contributed by atoms with van der Waals surface area (Å²) in [6.07, 6.45) is -0.885. The summed E-state index contributed by atoms with van der Waals surface area (Å²) in [5.74, 6) is -0.422. The van der Waals surface area contributed by atoms with Crippen LogP contribution in [0.2, 0.25) is 0 Å². The molecule has 1 atom stereocenters. The number of nitrogens with zero attached hydrogens (tertiary/aromatic N) is 3.